The molecule has 0 saturated carbocycles. The summed E-state index contributed by atoms with van der Waals surface area (Å²) in [6.07, 6.45) is 0. The van der Waals surface area contributed by atoms with E-state index in [4.69, 9.17) is 23.2 Å². The molecule has 1 heterocycles. The third kappa shape index (κ3) is 3.33. The molecule has 1 aromatic rings. The van der Waals surface area contributed by atoms with Crippen molar-refractivity contribution >= 4 is 39.0 Å². The number of halogens is 2. The molecule has 0 saturated heterocycles. The molecule has 0 aliphatic rings. The second kappa shape index (κ2) is 4.08. The Kier molecular flexibility index (Phi) is 3.29. The average Bonchev–Trinajstić information content (AvgIpc) is 2.09. The molecule has 0 aliphatic carbocycles. The normalized spacial score (nSPS) is 11.2. The monoisotopic (exact) mass is 241 g/mol. The zero-order valence-electron chi connectivity index (χ0n) is 6.24. The number of anilines is 1. The van der Waals surface area contributed by atoms with Gasteiger partial charge in [0, 0.05) is 0 Å². The molecule has 13 heavy (non-hydrogen) atoms. The first-order chi connectivity index (χ1) is 6.03. The molecule has 8 heteroatoms. The lowest BCUT2D eigenvalue weighted by molar-refractivity contribution is 0.605. The van der Waals surface area contributed by atoms with Crippen LogP contribution in [0.2, 0.25) is 5.15 Å². The maximum absolute atomic E-state index is 10.9. The van der Waals surface area contributed by atoms with Crippen LogP contribution in [-0.4, -0.2) is 23.8 Å². The molecule has 0 bridgehead atoms. The zero-order valence-corrected chi connectivity index (χ0v) is 8.57. The van der Waals surface area contributed by atoms with E-state index in [1.807, 2.05) is 0 Å². The molecule has 0 fully saturated rings. The molecule has 0 atom stereocenters. The van der Waals surface area contributed by atoms with Gasteiger partial charge in [-0.3, -0.25) is 4.72 Å². The van der Waals surface area contributed by atoms with Crippen LogP contribution in [-0.2, 0) is 10.0 Å². The Hall–Kier alpha value is -0.590. The number of sulfonamides is 1. The molecule has 0 radical (unpaired) electrons. The van der Waals surface area contributed by atoms with Crippen molar-refractivity contribution in [3.8, 4) is 0 Å². The van der Waals surface area contributed by atoms with E-state index in [1.54, 1.807) is 0 Å². The first-order valence-electron chi connectivity index (χ1n) is 3.09. The number of nitrogens with one attached hydrogen (secondary N) is 1. The second-order valence-electron chi connectivity index (χ2n) is 2.07. The van der Waals surface area contributed by atoms with Crippen molar-refractivity contribution in [3.63, 3.8) is 0 Å². The SMILES string of the molecule is O=S(=O)(CCl)Nc1ccc(Cl)nn1. The van der Waals surface area contributed by atoms with Crippen molar-refractivity contribution in [1.29, 1.82) is 0 Å². The van der Waals surface area contributed by atoms with Gasteiger partial charge in [0.2, 0.25) is 10.0 Å². The van der Waals surface area contributed by atoms with Crippen molar-refractivity contribution in [3.05, 3.63) is 17.3 Å². The van der Waals surface area contributed by atoms with Crippen molar-refractivity contribution in [2.45, 2.75) is 0 Å². The summed E-state index contributed by atoms with van der Waals surface area (Å²) in [5, 5.41) is 6.58. The molecule has 0 spiro atoms. The Morgan fingerprint density at radius 3 is 2.54 bits per heavy atom. The van der Waals surface area contributed by atoms with Gasteiger partial charge in [0.05, 0.1) is 0 Å². The van der Waals surface area contributed by atoms with Crippen LogP contribution in [0.25, 0.3) is 0 Å². The Bertz CT molecular complexity index is 377. The first kappa shape index (κ1) is 10.5. The predicted molar refractivity (Wildman–Crippen MR) is 50.3 cm³/mol. The Morgan fingerprint density at radius 1 is 1.38 bits per heavy atom. The lowest BCUT2D eigenvalue weighted by atomic mass is 10.5. The largest absolute Gasteiger partial charge is 0.265 e. The summed E-state index contributed by atoms with van der Waals surface area (Å²) in [6, 6.07) is 2.81. The van der Waals surface area contributed by atoms with Crippen LogP contribution in [0.15, 0.2) is 12.1 Å². The Balaban J connectivity index is 2.82. The standard InChI is InChI=1S/C5H5Cl2N3O2S/c6-3-13(11,12)10-5-2-1-4(7)8-9-5/h1-2H,3H2,(H,9,10). The molecular formula is C5H5Cl2N3O2S. The van der Waals surface area contributed by atoms with Gasteiger partial charge in [-0.2, -0.15) is 0 Å². The number of hydrogen-bond acceptors (Lipinski definition) is 4. The highest BCUT2D eigenvalue weighted by molar-refractivity contribution is 7.93. The quantitative estimate of drug-likeness (QED) is 0.804. The molecule has 0 unspecified atom stereocenters. The third-order valence-electron chi connectivity index (χ3n) is 1.04. The van der Waals surface area contributed by atoms with Crippen LogP contribution in [0.3, 0.4) is 0 Å². The average molecular weight is 242 g/mol. The molecule has 0 aliphatic heterocycles. The van der Waals surface area contributed by atoms with E-state index in [2.05, 4.69) is 14.9 Å². The van der Waals surface area contributed by atoms with Crippen LogP contribution in [0.4, 0.5) is 5.82 Å². The molecule has 0 amide bonds. The first-order valence-corrected chi connectivity index (χ1v) is 5.66. The molecule has 1 N–H and O–H groups in total. The summed E-state index contributed by atoms with van der Waals surface area (Å²) < 4.78 is 23.9. The Labute approximate surface area is 85.1 Å². The van der Waals surface area contributed by atoms with E-state index in [9.17, 15) is 8.42 Å². The lowest BCUT2D eigenvalue weighted by Gasteiger charge is -2.01. The van der Waals surface area contributed by atoms with Gasteiger partial charge in [0.1, 0.15) is 5.21 Å². The summed E-state index contributed by atoms with van der Waals surface area (Å²) in [4.78, 5) is 0. The van der Waals surface area contributed by atoms with Gasteiger partial charge in [-0.05, 0) is 12.1 Å². The predicted octanol–water partition coefficient (Wildman–Crippen LogP) is 1.07. The second-order valence-corrected chi connectivity index (χ2v) is 4.76. The maximum atomic E-state index is 10.9. The lowest BCUT2D eigenvalue weighted by Crippen LogP contribution is -2.14. The highest BCUT2D eigenvalue weighted by Crippen LogP contribution is 2.08. The van der Waals surface area contributed by atoms with E-state index in [1.165, 1.54) is 12.1 Å². The van der Waals surface area contributed by atoms with Crippen molar-refractivity contribution in [2.24, 2.45) is 0 Å². The minimum absolute atomic E-state index is 0.0880. The zero-order chi connectivity index (χ0) is 9.90. The molecular weight excluding hydrogens is 237 g/mol. The fourth-order valence-corrected chi connectivity index (χ4v) is 1.30. The van der Waals surface area contributed by atoms with Crippen LogP contribution in [0.5, 0.6) is 0 Å². The van der Waals surface area contributed by atoms with E-state index in [-0.39, 0.29) is 11.0 Å². The van der Waals surface area contributed by atoms with Gasteiger partial charge in [-0.25, -0.2) is 8.42 Å². The minimum Gasteiger partial charge on any atom is -0.265 e. The topological polar surface area (TPSA) is 72.0 Å². The van der Waals surface area contributed by atoms with Gasteiger partial charge >= 0.3 is 0 Å². The highest BCUT2D eigenvalue weighted by Gasteiger charge is 2.08. The molecule has 1 aromatic heterocycles. The summed E-state index contributed by atoms with van der Waals surface area (Å²) >= 11 is 10.6. The van der Waals surface area contributed by atoms with Gasteiger partial charge in [0.15, 0.2) is 11.0 Å². The summed E-state index contributed by atoms with van der Waals surface area (Å²) in [6.45, 7) is 0. The van der Waals surface area contributed by atoms with Crippen LogP contribution in [0.1, 0.15) is 0 Å². The Morgan fingerprint density at radius 2 is 2.08 bits per heavy atom. The number of aromatic nitrogens is 2. The van der Waals surface area contributed by atoms with Crippen molar-refractivity contribution in [2.75, 3.05) is 9.93 Å². The summed E-state index contributed by atoms with van der Waals surface area (Å²) in [5.41, 5.74) is 0. The van der Waals surface area contributed by atoms with Gasteiger partial charge < -0.3 is 0 Å². The molecule has 72 valence electrons. The van der Waals surface area contributed by atoms with Crippen LogP contribution in [0, 0.1) is 0 Å². The van der Waals surface area contributed by atoms with Gasteiger partial charge in [0.25, 0.3) is 0 Å². The van der Waals surface area contributed by atoms with Crippen LogP contribution >= 0.6 is 23.2 Å². The number of alkyl halides is 1. The third-order valence-corrected chi connectivity index (χ3v) is 2.91. The summed E-state index contributed by atoms with van der Waals surface area (Å²) in [7, 11) is -3.52. The fraction of sp³-hybridized carbons (Fsp3) is 0.200. The van der Waals surface area contributed by atoms with Crippen molar-refractivity contribution in [1.82, 2.24) is 10.2 Å². The van der Waals surface area contributed by atoms with Crippen molar-refractivity contribution < 1.29 is 8.42 Å². The van der Waals surface area contributed by atoms with Gasteiger partial charge in [-0.15, -0.1) is 21.8 Å². The number of nitrogens with zero attached hydrogens (tertiary/aromatic N) is 2. The molecule has 0 aromatic carbocycles. The van der Waals surface area contributed by atoms with E-state index in [0.717, 1.165) is 0 Å². The van der Waals surface area contributed by atoms with E-state index < -0.39 is 15.2 Å². The number of rotatable bonds is 3. The molecule has 5 nitrogen and oxygen atoms in total. The number of hydrogen-bond donors (Lipinski definition) is 1. The minimum atomic E-state index is -3.52. The van der Waals surface area contributed by atoms with E-state index in [0.29, 0.717) is 0 Å². The smallest absolute Gasteiger partial charge is 0.248 e. The van der Waals surface area contributed by atoms with Gasteiger partial charge in [-0.1, -0.05) is 11.6 Å². The highest BCUT2D eigenvalue weighted by atomic mass is 35.5. The maximum Gasteiger partial charge on any atom is 0.248 e. The molecule has 1 rings (SSSR count). The van der Waals surface area contributed by atoms with E-state index >= 15 is 0 Å². The summed E-state index contributed by atoms with van der Waals surface area (Å²) in [5.74, 6) is 0.0880. The van der Waals surface area contributed by atoms with Crippen LogP contribution < -0.4 is 4.72 Å². The fourth-order valence-electron chi connectivity index (χ4n) is 0.557.